The summed E-state index contributed by atoms with van der Waals surface area (Å²) in [5.41, 5.74) is 3.21. The second kappa shape index (κ2) is 6.45. The first-order chi connectivity index (χ1) is 7.74. The summed E-state index contributed by atoms with van der Waals surface area (Å²) in [6, 6.07) is 4.95. The molecule has 3 nitrogen and oxygen atoms in total. The molecule has 0 aliphatic carbocycles. The lowest BCUT2D eigenvalue weighted by atomic mass is 10.0. The number of nitrogens with two attached hydrogens (primary N) is 1. The topological polar surface area (TPSA) is 47.3 Å². The Labute approximate surface area is 95.8 Å². The Bertz CT molecular complexity index is 331. The van der Waals surface area contributed by atoms with Crippen LogP contribution >= 0.6 is 0 Å². The molecule has 0 saturated heterocycles. The summed E-state index contributed by atoms with van der Waals surface area (Å²) in [6.07, 6.45) is 2.88. The van der Waals surface area contributed by atoms with Gasteiger partial charge in [0.25, 0.3) is 0 Å². The summed E-state index contributed by atoms with van der Waals surface area (Å²) < 4.78 is 18.9. The van der Waals surface area contributed by atoms with Gasteiger partial charge in [-0.1, -0.05) is 31.9 Å². The Kier molecular flexibility index (Phi) is 5.22. The van der Waals surface area contributed by atoms with Crippen molar-refractivity contribution in [2.45, 2.75) is 32.2 Å². The molecule has 16 heavy (non-hydrogen) atoms. The Hall–Kier alpha value is -1.13. The SMILES string of the molecule is CCCCC(NN)c1cccc(OC)c1F. The fraction of sp³-hybridized carbons (Fsp3) is 0.500. The monoisotopic (exact) mass is 226 g/mol. The number of nitrogens with one attached hydrogen (secondary N) is 1. The molecule has 0 fully saturated rings. The van der Waals surface area contributed by atoms with Gasteiger partial charge >= 0.3 is 0 Å². The van der Waals surface area contributed by atoms with Gasteiger partial charge in [-0.3, -0.25) is 11.3 Å². The van der Waals surface area contributed by atoms with E-state index in [0.717, 1.165) is 19.3 Å². The molecule has 0 spiro atoms. The molecule has 1 aromatic carbocycles. The highest BCUT2D eigenvalue weighted by molar-refractivity contribution is 5.32. The molecule has 0 aliphatic heterocycles. The minimum absolute atomic E-state index is 0.157. The smallest absolute Gasteiger partial charge is 0.169 e. The average molecular weight is 226 g/mol. The van der Waals surface area contributed by atoms with Gasteiger partial charge in [0.05, 0.1) is 7.11 Å². The van der Waals surface area contributed by atoms with Gasteiger partial charge in [-0.15, -0.1) is 0 Å². The fourth-order valence-corrected chi connectivity index (χ4v) is 1.69. The van der Waals surface area contributed by atoms with Crippen LogP contribution in [0.2, 0.25) is 0 Å². The molecule has 3 N–H and O–H groups in total. The summed E-state index contributed by atoms with van der Waals surface area (Å²) in [4.78, 5) is 0. The molecule has 0 heterocycles. The molecule has 4 heteroatoms. The number of halogens is 1. The first-order valence-corrected chi connectivity index (χ1v) is 5.53. The van der Waals surface area contributed by atoms with Gasteiger partial charge in [0.1, 0.15) is 0 Å². The largest absolute Gasteiger partial charge is 0.494 e. The van der Waals surface area contributed by atoms with Crippen molar-refractivity contribution in [2.24, 2.45) is 5.84 Å². The van der Waals surface area contributed by atoms with Gasteiger partial charge in [0, 0.05) is 11.6 Å². The molecule has 0 bridgehead atoms. The summed E-state index contributed by atoms with van der Waals surface area (Å²) in [7, 11) is 1.46. The van der Waals surface area contributed by atoms with Gasteiger partial charge < -0.3 is 4.74 Å². The summed E-state index contributed by atoms with van der Waals surface area (Å²) in [5, 5.41) is 0. The fourth-order valence-electron chi connectivity index (χ4n) is 1.69. The summed E-state index contributed by atoms with van der Waals surface area (Å²) >= 11 is 0. The number of hydrogen-bond acceptors (Lipinski definition) is 3. The van der Waals surface area contributed by atoms with Crippen molar-refractivity contribution in [3.63, 3.8) is 0 Å². The third kappa shape index (κ3) is 2.93. The van der Waals surface area contributed by atoms with Crippen molar-refractivity contribution in [1.29, 1.82) is 0 Å². The first kappa shape index (κ1) is 12.9. The van der Waals surface area contributed by atoms with Crippen molar-refractivity contribution in [2.75, 3.05) is 7.11 Å². The lowest BCUT2D eigenvalue weighted by Crippen LogP contribution is -2.28. The van der Waals surface area contributed by atoms with Crippen molar-refractivity contribution < 1.29 is 9.13 Å². The van der Waals surface area contributed by atoms with Crippen molar-refractivity contribution in [3.05, 3.63) is 29.6 Å². The number of rotatable bonds is 6. The van der Waals surface area contributed by atoms with Crippen LogP contribution in [0.3, 0.4) is 0 Å². The Morgan fingerprint density at radius 3 is 2.81 bits per heavy atom. The number of unbranched alkanes of at least 4 members (excludes halogenated alkanes) is 1. The van der Waals surface area contributed by atoms with Crippen LogP contribution in [0.4, 0.5) is 4.39 Å². The maximum atomic E-state index is 13.9. The molecule has 0 aromatic heterocycles. The maximum absolute atomic E-state index is 13.9. The first-order valence-electron chi connectivity index (χ1n) is 5.53. The number of methoxy groups -OCH3 is 1. The number of ether oxygens (including phenoxy) is 1. The van der Waals surface area contributed by atoms with E-state index in [4.69, 9.17) is 10.6 Å². The van der Waals surface area contributed by atoms with E-state index in [1.807, 2.05) is 0 Å². The third-order valence-corrected chi connectivity index (χ3v) is 2.64. The zero-order valence-electron chi connectivity index (χ0n) is 9.79. The third-order valence-electron chi connectivity index (χ3n) is 2.64. The zero-order valence-corrected chi connectivity index (χ0v) is 9.79. The predicted molar refractivity (Wildman–Crippen MR) is 62.5 cm³/mol. The molecular weight excluding hydrogens is 207 g/mol. The van der Waals surface area contributed by atoms with Crippen molar-refractivity contribution in [3.8, 4) is 5.75 Å². The molecule has 0 radical (unpaired) electrons. The number of hydrazine groups is 1. The van der Waals surface area contributed by atoms with Crippen LogP contribution < -0.4 is 16.0 Å². The lowest BCUT2D eigenvalue weighted by molar-refractivity contribution is 0.377. The van der Waals surface area contributed by atoms with Crippen molar-refractivity contribution in [1.82, 2.24) is 5.43 Å². The molecule has 1 unspecified atom stereocenters. The van der Waals surface area contributed by atoms with Crippen LogP contribution in [0.1, 0.15) is 37.8 Å². The van der Waals surface area contributed by atoms with Gasteiger partial charge in [0.2, 0.25) is 0 Å². The zero-order chi connectivity index (χ0) is 12.0. The van der Waals surface area contributed by atoms with Crippen LogP contribution in [0, 0.1) is 5.82 Å². The average Bonchev–Trinajstić information content (AvgIpc) is 2.32. The highest BCUT2D eigenvalue weighted by Gasteiger charge is 2.16. The van der Waals surface area contributed by atoms with E-state index in [2.05, 4.69) is 12.3 Å². The molecule has 90 valence electrons. The van der Waals surface area contributed by atoms with E-state index in [0.29, 0.717) is 5.56 Å². The van der Waals surface area contributed by atoms with Crippen LogP contribution in [0.5, 0.6) is 5.75 Å². The minimum Gasteiger partial charge on any atom is -0.494 e. The van der Waals surface area contributed by atoms with E-state index in [1.54, 1.807) is 18.2 Å². The van der Waals surface area contributed by atoms with E-state index >= 15 is 0 Å². The standard InChI is InChI=1S/C12H19FN2O/c1-3-4-7-10(15-14)9-6-5-8-11(16-2)12(9)13/h5-6,8,10,15H,3-4,7,14H2,1-2H3. The highest BCUT2D eigenvalue weighted by Crippen LogP contribution is 2.27. The second-order valence-electron chi connectivity index (χ2n) is 3.72. The molecule has 1 rings (SSSR count). The van der Waals surface area contributed by atoms with Gasteiger partial charge in [-0.05, 0) is 12.5 Å². The van der Waals surface area contributed by atoms with E-state index < -0.39 is 0 Å². The Morgan fingerprint density at radius 2 is 2.25 bits per heavy atom. The van der Waals surface area contributed by atoms with Gasteiger partial charge in [-0.25, -0.2) is 4.39 Å². The normalized spacial score (nSPS) is 12.5. The number of hydrogen-bond donors (Lipinski definition) is 2. The highest BCUT2D eigenvalue weighted by atomic mass is 19.1. The Balaban J connectivity index is 2.91. The second-order valence-corrected chi connectivity index (χ2v) is 3.72. The summed E-state index contributed by atoms with van der Waals surface area (Å²) in [5.74, 6) is 5.38. The predicted octanol–water partition coefficient (Wildman–Crippen LogP) is 2.53. The van der Waals surface area contributed by atoms with Crippen LogP contribution in [0.25, 0.3) is 0 Å². The molecule has 0 amide bonds. The molecule has 0 saturated carbocycles. The molecule has 1 aromatic rings. The Morgan fingerprint density at radius 1 is 1.50 bits per heavy atom. The van der Waals surface area contributed by atoms with E-state index in [9.17, 15) is 4.39 Å². The van der Waals surface area contributed by atoms with Gasteiger partial charge in [-0.2, -0.15) is 0 Å². The van der Waals surface area contributed by atoms with Crippen LogP contribution in [-0.2, 0) is 0 Å². The van der Waals surface area contributed by atoms with E-state index in [-0.39, 0.29) is 17.6 Å². The lowest BCUT2D eigenvalue weighted by Gasteiger charge is -2.17. The van der Waals surface area contributed by atoms with Crippen molar-refractivity contribution >= 4 is 0 Å². The molecular formula is C12H19FN2O. The molecule has 1 atom stereocenters. The number of benzene rings is 1. The maximum Gasteiger partial charge on any atom is 0.169 e. The van der Waals surface area contributed by atoms with E-state index in [1.165, 1.54) is 7.11 Å². The minimum atomic E-state index is -0.330. The van der Waals surface area contributed by atoms with Crippen LogP contribution in [-0.4, -0.2) is 7.11 Å². The molecule has 0 aliphatic rings. The summed E-state index contributed by atoms with van der Waals surface area (Å²) in [6.45, 7) is 2.09. The quantitative estimate of drug-likeness (QED) is 0.579. The van der Waals surface area contributed by atoms with Gasteiger partial charge in [0.15, 0.2) is 11.6 Å². The van der Waals surface area contributed by atoms with Crippen LogP contribution in [0.15, 0.2) is 18.2 Å².